The van der Waals surface area contributed by atoms with Crippen LogP contribution in [0.4, 0.5) is 0 Å². The number of rotatable bonds is 48. The minimum atomic E-state index is -0.273. The molecular weight excluding hydrogens is 869 g/mol. The van der Waals surface area contributed by atoms with Gasteiger partial charge in [-0.15, -0.1) is 0 Å². The Morgan fingerprint density at radius 1 is 0.186 bits per heavy atom. The van der Waals surface area contributed by atoms with Gasteiger partial charge in [0.25, 0.3) is 0 Å². The SMILES string of the molecule is C[N+](C)(C)CCCCCCCC[N+](C)(C)CC(O)C[N+](C)(C)CCCCCCCC[N+](C)(C)CC(O)C[N+](C)(C)CCCCCCCC[N+](C)(C)CC(O)C[N+](C)(C)CCCCCCCC[N+](C)(C)C. The Balaban J connectivity index is 4.13. The Morgan fingerprint density at radius 2 is 0.300 bits per heavy atom. The highest BCUT2D eigenvalue weighted by molar-refractivity contribution is 4.59. The highest BCUT2D eigenvalue weighted by Crippen LogP contribution is 2.17. The van der Waals surface area contributed by atoms with Gasteiger partial charge in [0.05, 0.1) is 179 Å². The third-order valence-corrected chi connectivity index (χ3v) is 15.5. The first-order chi connectivity index (χ1) is 32.1. The molecule has 2 unspecified atom stereocenters. The summed E-state index contributed by atoms with van der Waals surface area (Å²) in [4.78, 5) is 0. The lowest BCUT2D eigenvalue weighted by molar-refractivity contribution is -0.914. The largest absolute Gasteiger partial charge is 0.382 e. The fourth-order valence-electron chi connectivity index (χ4n) is 11.4. The molecule has 11 nitrogen and oxygen atoms in total. The highest BCUT2D eigenvalue weighted by atomic mass is 16.3. The first-order valence-corrected chi connectivity index (χ1v) is 29.7. The molecule has 0 saturated carbocycles. The summed E-state index contributed by atoms with van der Waals surface area (Å²) in [5.74, 6) is 0. The molecule has 11 heteroatoms. The van der Waals surface area contributed by atoms with E-state index in [1.165, 1.54) is 167 Å². The third kappa shape index (κ3) is 45.0. The van der Waals surface area contributed by atoms with Crippen molar-refractivity contribution in [1.82, 2.24) is 0 Å². The minimum Gasteiger partial charge on any atom is -0.382 e. The van der Waals surface area contributed by atoms with E-state index in [2.05, 4.69) is 127 Å². The number of aliphatic hydroxyl groups excluding tert-OH is 3. The molecule has 422 valence electrons. The summed E-state index contributed by atoms with van der Waals surface area (Å²) in [6.07, 6.45) is 30.4. The number of hydrogen-bond donors (Lipinski definition) is 3. The summed E-state index contributed by atoms with van der Waals surface area (Å²) in [5.41, 5.74) is 0. The van der Waals surface area contributed by atoms with Gasteiger partial charge in [-0.1, -0.05) is 51.4 Å². The molecule has 0 bridgehead atoms. The summed E-state index contributed by atoms with van der Waals surface area (Å²) in [6, 6.07) is 0. The molecular formula is C59H136N8O3+8. The summed E-state index contributed by atoms with van der Waals surface area (Å²) in [7, 11) is 41.3. The fraction of sp³-hybridized carbons (Fsp3) is 1.00. The van der Waals surface area contributed by atoms with Gasteiger partial charge < -0.3 is 51.2 Å². The number of quaternary nitrogens is 8. The van der Waals surface area contributed by atoms with Crippen LogP contribution in [0, 0.1) is 0 Å². The maximum atomic E-state index is 11.2. The van der Waals surface area contributed by atoms with Crippen LogP contribution in [0.25, 0.3) is 0 Å². The van der Waals surface area contributed by atoms with Crippen molar-refractivity contribution < 1.29 is 51.2 Å². The first kappa shape index (κ1) is 69.6. The third-order valence-electron chi connectivity index (χ3n) is 15.5. The van der Waals surface area contributed by atoms with E-state index in [9.17, 15) is 15.3 Å². The monoisotopic (exact) mass is 1010 g/mol. The van der Waals surface area contributed by atoms with E-state index in [1.54, 1.807) is 0 Å². The van der Waals surface area contributed by atoms with Gasteiger partial charge in [-0.2, -0.15) is 0 Å². The van der Waals surface area contributed by atoms with E-state index in [0.29, 0.717) is 0 Å². The van der Waals surface area contributed by atoms with Gasteiger partial charge in [-0.25, -0.2) is 0 Å². The van der Waals surface area contributed by atoms with Gasteiger partial charge in [0.2, 0.25) is 0 Å². The second kappa shape index (κ2) is 35.0. The Kier molecular flexibility index (Phi) is 34.8. The van der Waals surface area contributed by atoms with Gasteiger partial charge in [-0.05, 0) is 103 Å². The van der Waals surface area contributed by atoms with Gasteiger partial charge in [0, 0.05) is 0 Å². The van der Waals surface area contributed by atoms with Crippen molar-refractivity contribution in [1.29, 1.82) is 0 Å². The van der Waals surface area contributed by atoms with E-state index in [1.807, 2.05) is 0 Å². The fourth-order valence-corrected chi connectivity index (χ4v) is 11.4. The zero-order chi connectivity index (χ0) is 53.6. The van der Waals surface area contributed by atoms with E-state index >= 15 is 0 Å². The zero-order valence-electron chi connectivity index (χ0n) is 51.5. The molecule has 0 rings (SSSR count). The van der Waals surface area contributed by atoms with Crippen LogP contribution in [-0.2, 0) is 0 Å². The van der Waals surface area contributed by atoms with Crippen LogP contribution in [0.2, 0.25) is 0 Å². The van der Waals surface area contributed by atoms with Gasteiger partial charge >= 0.3 is 0 Å². The standard InChI is InChI=1S/C59H136N8O3/c1-60(2,3)43-35-27-19-21-29-37-45-62(7,8)51-57(68)53-64(11,12)47-39-31-23-25-33-41-49-66(15,16)55-59(70)56-67(17,18)50-42-34-26-24-32-40-48-65(13,14)54-58(69)52-63(9,10)46-38-30-22-20-28-36-44-61(4,5)6/h57-59,68-70H,19-56H2,1-18H3/q+8. The van der Waals surface area contributed by atoms with Crippen molar-refractivity contribution in [3.8, 4) is 0 Å². The molecule has 0 aliphatic heterocycles. The predicted octanol–water partition coefficient (Wildman–Crippen LogP) is 8.30. The molecule has 0 amide bonds. The number of aliphatic hydroxyl groups is 3. The van der Waals surface area contributed by atoms with Crippen LogP contribution >= 0.6 is 0 Å². The first-order valence-electron chi connectivity index (χ1n) is 29.7. The second-order valence-corrected chi connectivity index (χ2v) is 29.5. The summed E-state index contributed by atoms with van der Waals surface area (Å²) in [6.45, 7) is 14.4. The molecule has 0 aliphatic carbocycles. The van der Waals surface area contributed by atoms with E-state index in [-0.39, 0.29) is 18.3 Å². The van der Waals surface area contributed by atoms with Crippen LogP contribution in [0.15, 0.2) is 0 Å². The topological polar surface area (TPSA) is 60.7 Å². The van der Waals surface area contributed by atoms with Crippen molar-refractivity contribution in [2.45, 2.75) is 172 Å². The molecule has 0 aromatic rings. The van der Waals surface area contributed by atoms with E-state index < -0.39 is 0 Å². The molecule has 0 aliphatic rings. The molecule has 0 aromatic heterocycles. The molecule has 0 saturated heterocycles. The van der Waals surface area contributed by atoms with Crippen LogP contribution in [0.1, 0.15) is 154 Å². The summed E-state index contributed by atoms with van der Waals surface area (Å²) < 4.78 is 7.58. The van der Waals surface area contributed by atoms with Gasteiger partial charge in [0.15, 0.2) is 18.3 Å². The Hall–Kier alpha value is -0.440. The Bertz CT molecular complexity index is 1160. The average molecular weight is 1010 g/mol. The van der Waals surface area contributed by atoms with Crippen LogP contribution in [0.5, 0.6) is 0 Å². The van der Waals surface area contributed by atoms with Crippen LogP contribution in [0.3, 0.4) is 0 Å². The Morgan fingerprint density at radius 3 is 0.429 bits per heavy atom. The maximum absolute atomic E-state index is 11.2. The molecule has 2 atom stereocenters. The number of hydrogen-bond acceptors (Lipinski definition) is 3. The zero-order valence-corrected chi connectivity index (χ0v) is 51.5. The van der Waals surface area contributed by atoms with Crippen molar-refractivity contribution in [2.75, 3.05) is 218 Å². The molecule has 70 heavy (non-hydrogen) atoms. The molecule has 0 radical (unpaired) electrons. The van der Waals surface area contributed by atoms with Crippen molar-refractivity contribution in [2.24, 2.45) is 0 Å². The highest BCUT2D eigenvalue weighted by Gasteiger charge is 2.29. The molecule has 0 fully saturated rings. The summed E-state index contributed by atoms with van der Waals surface area (Å²) in [5, 5.41) is 33.3. The quantitative estimate of drug-likeness (QED) is 0.0425. The van der Waals surface area contributed by atoms with Crippen LogP contribution < -0.4 is 0 Å². The average Bonchev–Trinajstić information content (AvgIpc) is 3.16. The molecule has 0 heterocycles. The number of nitrogens with zero attached hydrogens (tertiary/aromatic N) is 8. The smallest absolute Gasteiger partial charge is 0.152 e. The maximum Gasteiger partial charge on any atom is 0.152 e. The van der Waals surface area contributed by atoms with Crippen molar-refractivity contribution in [3.63, 3.8) is 0 Å². The Labute approximate surface area is 440 Å². The molecule has 0 spiro atoms. The second-order valence-electron chi connectivity index (χ2n) is 29.5. The minimum absolute atomic E-state index is 0.252. The normalized spacial score (nSPS) is 15.2. The van der Waals surface area contributed by atoms with Gasteiger partial charge in [0.1, 0.15) is 39.3 Å². The predicted molar refractivity (Wildman–Crippen MR) is 306 cm³/mol. The number of likely N-dealkylation sites (N-methyl/N-ethyl adjacent to an activating group) is 6. The van der Waals surface area contributed by atoms with Crippen LogP contribution in [-0.4, -0.2) is 288 Å². The number of unbranched alkanes of at least 4 members (excludes halogenated alkanes) is 20. The lowest BCUT2D eigenvalue weighted by atomic mass is 10.1. The molecule has 0 aromatic carbocycles. The lowest BCUT2D eigenvalue weighted by Crippen LogP contribution is -2.53. The summed E-state index contributed by atoms with van der Waals surface area (Å²) >= 11 is 0. The van der Waals surface area contributed by atoms with E-state index in [0.717, 1.165) is 114 Å². The van der Waals surface area contributed by atoms with Crippen molar-refractivity contribution >= 4 is 0 Å². The van der Waals surface area contributed by atoms with E-state index in [4.69, 9.17) is 0 Å². The lowest BCUT2D eigenvalue weighted by Gasteiger charge is -2.36. The van der Waals surface area contributed by atoms with Crippen molar-refractivity contribution in [3.05, 3.63) is 0 Å². The molecule has 3 N–H and O–H groups in total. The van der Waals surface area contributed by atoms with Gasteiger partial charge in [-0.3, -0.25) is 0 Å².